The molecule has 1 fully saturated rings. The van der Waals surface area contributed by atoms with Crippen LogP contribution >= 0.6 is 0 Å². The Morgan fingerprint density at radius 1 is 1.16 bits per heavy atom. The van der Waals surface area contributed by atoms with Crippen molar-refractivity contribution < 1.29 is 23.9 Å². The van der Waals surface area contributed by atoms with Crippen LogP contribution in [0, 0.1) is 5.92 Å². The number of esters is 1. The maximum Gasteiger partial charge on any atom is 0.326 e. The molecule has 7 nitrogen and oxygen atoms in total. The molecule has 1 aromatic rings. The number of amides is 3. The summed E-state index contributed by atoms with van der Waals surface area (Å²) in [6.45, 7) is 2.55. The van der Waals surface area contributed by atoms with Crippen molar-refractivity contribution in [1.82, 2.24) is 9.80 Å². The smallest absolute Gasteiger partial charge is 0.326 e. The van der Waals surface area contributed by atoms with Gasteiger partial charge in [-0.1, -0.05) is 19.1 Å². The summed E-state index contributed by atoms with van der Waals surface area (Å²) >= 11 is 0. The molecule has 0 saturated carbocycles. The number of hydrogen-bond donors (Lipinski definition) is 0. The van der Waals surface area contributed by atoms with Crippen molar-refractivity contribution in [3.8, 4) is 0 Å². The predicted molar refractivity (Wildman–Crippen MR) is 87.7 cm³/mol. The van der Waals surface area contributed by atoms with Gasteiger partial charge < -0.3 is 9.64 Å². The molecule has 2 aliphatic heterocycles. The molecule has 0 radical (unpaired) electrons. The average molecular weight is 344 g/mol. The lowest BCUT2D eigenvalue weighted by Gasteiger charge is -2.30. The number of benzene rings is 1. The van der Waals surface area contributed by atoms with E-state index >= 15 is 0 Å². The van der Waals surface area contributed by atoms with Gasteiger partial charge in [0.1, 0.15) is 6.54 Å². The predicted octanol–water partition coefficient (Wildman–Crippen LogP) is 1.08. The minimum atomic E-state index is -0.770. The van der Waals surface area contributed by atoms with Gasteiger partial charge in [-0.25, -0.2) is 0 Å². The molecule has 0 aliphatic carbocycles. The Morgan fingerprint density at radius 2 is 1.80 bits per heavy atom. The van der Waals surface area contributed by atoms with Crippen LogP contribution in [0.25, 0.3) is 0 Å². The molecule has 3 rings (SSSR count). The molecule has 1 saturated heterocycles. The summed E-state index contributed by atoms with van der Waals surface area (Å²) in [5, 5.41) is 0. The van der Waals surface area contributed by atoms with Gasteiger partial charge in [0.25, 0.3) is 17.7 Å². The Bertz CT molecular complexity index is 695. The van der Waals surface area contributed by atoms with Crippen molar-refractivity contribution in [2.75, 3.05) is 26.2 Å². The molecule has 0 aromatic heterocycles. The third-order valence-electron chi connectivity index (χ3n) is 4.53. The third kappa shape index (κ3) is 3.55. The number of hydrogen-bond acceptors (Lipinski definition) is 5. The number of imide groups is 1. The zero-order valence-corrected chi connectivity index (χ0v) is 14.1. The van der Waals surface area contributed by atoms with Gasteiger partial charge in [-0.15, -0.1) is 0 Å². The Labute approximate surface area is 145 Å². The highest BCUT2D eigenvalue weighted by Crippen LogP contribution is 2.22. The standard InChI is InChI=1S/C18H20N2O5/c1-12-5-4-8-19(9-12)15(21)11-25-16(22)10-20-17(23)13-6-2-3-7-14(13)18(20)24/h2-3,6-7,12H,4-5,8-11H2,1H3/t12-/m1/s1. The second kappa shape index (κ2) is 7.04. The van der Waals surface area contributed by atoms with Gasteiger partial charge in [-0.05, 0) is 30.9 Å². The molecule has 1 atom stereocenters. The van der Waals surface area contributed by atoms with E-state index in [4.69, 9.17) is 4.74 Å². The monoisotopic (exact) mass is 344 g/mol. The zero-order valence-electron chi connectivity index (χ0n) is 14.1. The van der Waals surface area contributed by atoms with Crippen LogP contribution in [0.1, 0.15) is 40.5 Å². The molecule has 0 unspecified atom stereocenters. The molecule has 7 heteroatoms. The first-order chi connectivity index (χ1) is 12.0. The van der Waals surface area contributed by atoms with E-state index in [0.717, 1.165) is 17.7 Å². The number of ether oxygens (including phenoxy) is 1. The van der Waals surface area contributed by atoms with Gasteiger partial charge in [0.2, 0.25) is 0 Å². The maximum absolute atomic E-state index is 12.2. The Kier molecular flexibility index (Phi) is 4.83. The van der Waals surface area contributed by atoms with Crippen LogP contribution in [0.4, 0.5) is 0 Å². The summed E-state index contributed by atoms with van der Waals surface area (Å²) in [7, 11) is 0. The molecule has 3 amide bonds. The summed E-state index contributed by atoms with van der Waals surface area (Å²) in [6.07, 6.45) is 2.03. The van der Waals surface area contributed by atoms with E-state index in [2.05, 4.69) is 6.92 Å². The van der Waals surface area contributed by atoms with Gasteiger partial charge in [-0.2, -0.15) is 0 Å². The number of carbonyl (C=O) groups is 4. The van der Waals surface area contributed by atoms with Crippen LogP contribution < -0.4 is 0 Å². The lowest BCUT2D eigenvalue weighted by molar-refractivity contribution is -0.152. The van der Waals surface area contributed by atoms with Crippen molar-refractivity contribution in [2.24, 2.45) is 5.92 Å². The van der Waals surface area contributed by atoms with Crippen molar-refractivity contribution >= 4 is 23.7 Å². The summed E-state index contributed by atoms with van der Waals surface area (Å²) in [4.78, 5) is 51.0. The third-order valence-corrected chi connectivity index (χ3v) is 4.53. The van der Waals surface area contributed by atoms with E-state index in [1.165, 1.54) is 0 Å². The average Bonchev–Trinajstić information content (AvgIpc) is 2.85. The molecule has 2 aliphatic rings. The Balaban J connectivity index is 1.53. The van der Waals surface area contributed by atoms with Crippen LogP contribution in [0.2, 0.25) is 0 Å². The zero-order chi connectivity index (χ0) is 18.0. The summed E-state index contributed by atoms with van der Waals surface area (Å²) in [6, 6.07) is 6.40. The number of likely N-dealkylation sites (tertiary alicyclic amines) is 1. The number of piperidine rings is 1. The van der Waals surface area contributed by atoms with Crippen molar-refractivity contribution in [3.63, 3.8) is 0 Å². The van der Waals surface area contributed by atoms with Crippen molar-refractivity contribution in [2.45, 2.75) is 19.8 Å². The molecule has 25 heavy (non-hydrogen) atoms. The first kappa shape index (κ1) is 17.1. The van der Waals surface area contributed by atoms with Crippen LogP contribution in [0.3, 0.4) is 0 Å². The number of carbonyl (C=O) groups excluding carboxylic acids is 4. The fraction of sp³-hybridized carbons (Fsp3) is 0.444. The largest absolute Gasteiger partial charge is 0.454 e. The number of fused-ring (bicyclic) bond motifs is 1. The first-order valence-corrected chi connectivity index (χ1v) is 8.36. The fourth-order valence-corrected chi connectivity index (χ4v) is 3.21. The van der Waals surface area contributed by atoms with Crippen molar-refractivity contribution in [3.05, 3.63) is 35.4 Å². The highest BCUT2D eigenvalue weighted by atomic mass is 16.5. The number of nitrogens with zero attached hydrogens (tertiary/aromatic N) is 2. The minimum Gasteiger partial charge on any atom is -0.454 e. The SMILES string of the molecule is C[C@@H]1CCCN(C(=O)COC(=O)CN2C(=O)c3ccccc3C2=O)C1. The molecule has 0 spiro atoms. The molecule has 1 aromatic carbocycles. The maximum atomic E-state index is 12.2. The Morgan fingerprint density at radius 3 is 2.40 bits per heavy atom. The topological polar surface area (TPSA) is 84.0 Å². The van der Waals surface area contributed by atoms with E-state index in [1.54, 1.807) is 29.2 Å². The second-order valence-corrected chi connectivity index (χ2v) is 6.49. The van der Waals surface area contributed by atoms with E-state index in [9.17, 15) is 19.2 Å². The van der Waals surface area contributed by atoms with Crippen LogP contribution in [0.15, 0.2) is 24.3 Å². The Hall–Kier alpha value is -2.70. The van der Waals surface area contributed by atoms with Gasteiger partial charge >= 0.3 is 5.97 Å². The van der Waals surface area contributed by atoms with Gasteiger partial charge in [0.15, 0.2) is 6.61 Å². The van der Waals surface area contributed by atoms with E-state index in [1.807, 2.05) is 0 Å². The molecule has 0 bridgehead atoms. The quantitative estimate of drug-likeness (QED) is 0.603. The highest BCUT2D eigenvalue weighted by Gasteiger charge is 2.36. The highest BCUT2D eigenvalue weighted by molar-refractivity contribution is 6.22. The lowest BCUT2D eigenvalue weighted by atomic mass is 10.0. The molecule has 2 heterocycles. The summed E-state index contributed by atoms with van der Waals surface area (Å²) in [5.41, 5.74) is 0.553. The molecular formula is C18H20N2O5. The van der Waals surface area contributed by atoms with E-state index in [-0.39, 0.29) is 23.6 Å². The van der Waals surface area contributed by atoms with Gasteiger partial charge in [-0.3, -0.25) is 24.1 Å². The number of rotatable bonds is 4. The van der Waals surface area contributed by atoms with Crippen molar-refractivity contribution in [1.29, 1.82) is 0 Å². The summed E-state index contributed by atoms with van der Waals surface area (Å²) in [5.74, 6) is -1.62. The molecule has 132 valence electrons. The van der Waals surface area contributed by atoms with Gasteiger partial charge in [0.05, 0.1) is 11.1 Å². The minimum absolute atomic E-state index is 0.248. The van der Waals surface area contributed by atoms with Gasteiger partial charge in [0, 0.05) is 13.1 Å². The van der Waals surface area contributed by atoms with E-state index < -0.39 is 24.3 Å². The van der Waals surface area contributed by atoms with Crippen LogP contribution in [-0.2, 0) is 14.3 Å². The van der Waals surface area contributed by atoms with E-state index in [0.29, 0.717) is 19.0 Å². The molecule has 0 N–H and O–H groups in total. The van der Waals surface area contributed by atoms with Crippen LogP contribution in [-0.4, -0.2) is 59.7 Å². The first-order valence-electron chi connectivity index (χ1n) is 8.36. The van der Waals surface area contributed by atoms with Crippen LogP contribution in [0.5, 0.6) is 0 Å². The molecular weight excluding hydrogens is 324 g/mol. The summed E-state index contributed by atoms with van der Waals surface area (Å²) < 4.78 is 4.97. The normalized spacial score (nSPS) is 19.8. The fourth-order valence-electron chi connectivity index (χ4n) is 3.21. The second-order valence-electron chi connectivity index (χ2n) is 6.49. The lowest BCUT2D eigenvalue weighted by Crippen LogP contribution is -2.42.